The summed E-state index contributed by atoms with van der Waals surface area (Å²) in [5.41, 5.74) is 1.05. The van der Waals surface area contributed by atoms with Crippen LogP contribution in [-0.4, -0.2) is 0 Å². The van der Waals surface area contributed by atoms with Crippen molar-refractivity contribution in [1.82, 2.24) is 0 Å². The molecule has 2 rings (SSSR count). The van der Waals surface area contributed by atoms with Gasteiger partial charge in [0.15, 0.2) is 0 Å². The highest BCUT2D eigenvalue weighted by atomic mass is 35.5. The van der Waals surface area contributed by atoms with Gasteiger partial charge in [-0.05, 0) is 24.1 Å². The quantitative estimate of drug-likeness (QED) is 0.697. The summed E-state index contributed by atoms with van der Waals surface area (Å²) in [6.45, 7) is 0. The van der Waals surface area contributed by atoms with Gasteiger partial charge in [0.2, 0.25) is 0 Å². The molecule has 0 N–H and O–H groups in total. The molecule has 3 heteroatoms. The van der Waals surface area contributed by atoms with E-state index in [4.69, 9.17) is 28.5 Å². The molecule has 0 bridgehead atoms. The van der Waals surface area contributed by atoms with E-state index in [-0.39, 0.29) is 5.92 Å². The number of halogens is 2. The van der Waals surface area contributed by atoms with Crippen LogP contribution in [0.1, 0.15) is 17.9 Å². The number of rotatable bonds is 1. The number of nitriles is 1. The second-order valence-electron chi connectivity index (χ2n) is 3.24. The van der Waals surface area contributed by atoms with Gasteiger partial charge < -0.3 is 0 Å². The second-order valence-corrected chi connectivity index (χ2v) is 4.09. The molecule has 1 aromatic carbocycles. The Morgan fingerprint density at radius 2 is 2.15 bits per heavy atom. The van der Waals surface area contributed by atoms with E-state index in [1.807, 2.05) is 12.1 Å². The predicted octanol–water partition coefficient (Wildman–Crippen LogP) is 3.62. The maximum Gasteiger partial charge on any atom is 0.0662 e. The van der Waals surface area contributed by atoms with Crippen LogP contribution in [0.25, 0.3) is 0 Å². The zero-order chi connectivity index (χ0) is 9.42. The summed E-state index contributed by atoms with van der Waals surface area (Å²) in [6, 6.07) is 7.69. The second kappa shape index (κ2) is 3.21. The molecule has 13 heavy (non-hydrogen) atoms. The molecule has 66 valence electrons. The monoisotopic (exact) mass is 211 g/mol. The SMILES string of the molecule is N#CC1CC1c1ccc(Cl)cc1Cl. The van der Waals surface area contributed by atoms with Crippen molar-refractivity contribution in [2.75, 3.05) is 0 Å². The van der Waals surface area contributed by atoms with Crippen LogP contribution in [0.15, 0.2) is 18.2 Å². The smallest absolute Gasteiger partial charge is 0.0662 e. The van der Waals surface area contributed by atoms with E-state index in [0.29, 0.717) is 16.0 Å². The first-order valence-corrected chi connectivity index (χ1v) is 4.82. The maximum absolute atomic E-state index is 8.66. The van der Waals surface area contributed by atoms with E-state index in [9.17, 15) is 0 Å². The molecule has 0 saturated heterocycles. The van der Waals surface area contributed by atoms with Gasteiger partial charge in [-0.15, -0.1) is 0 Å². The van der Waals surface area contributed by atoms with E-state index in [0.717, 1.165) is 12.0 Å². The summed E-state index contributed by atoms with van der Waals surface area (Å²) in [7, 11) is 0. The average Bonchev–Trinajstić information content (AvgIpc) is 2.83. The van der Waals surface area contributed by atoms with Crippen molar-refractivity contribution in [1.29, 1.82) is 5.26 Å². The molecule has 0 aromatic heterocycles. The fourth-order valence-electron chi connectivity index (χ4n) is 1.48. The largest absolute Gasteiger partial charge is 0.198 e. The standard InChI is InChI=1S/C10H7Cl2N/c11-7-1-2-8(10(12)4-7)9-3-6(9)5-13/h1-2,4,6,9H,3H2. The fourth-order valence-corrected chi connectivity index (χ4v) is 2.03. The van der Waals surface area contributed by atoms with E-state index in [1.165, 1.54) is 0 Å². The molecule has 1 aliphatic rings. The number of nitrogens with zero attached hydrogens (tertiary/aromatic N) is 1. The van der Waals surface area contributed by atoms with Gasteiger partial charge in [0.25, 0.3) is 0 Å². The lowest BCUT2D eigenvalue weighted by Gasteiger charge is -2.01. The predicted molar refractivity (Wildman–Crippen MR) is 52.9 cm³/mol. The topological polar surface area (TPSA) is 23.8 Å². The van der Waals surface area contributed by atoms with Crippen LogP contribution in [0.2, 0.25) is 10.0 Å². The number of benzene rings is 1. The average molecular weight is 212 g/mol. The Labute approximate surface area is 86.9 Å². The van der Waals surface area contributed by atoms with Crippen LogP contribution in [0.5, 0.6) is 0 Å². The van der Waals surface area contributed by atoms with Gasteiger partial charge in [0.1, 0.15) is 0 Å². The molecule has 0 spiro atoms. The third kappa shape index (κ3) is 1.65. The lowest BCUT2D eigenvalue weighted by molar-refractivity contribution is 1.02. The maximum atomic E-state index is 8.66. The van der Waals surface area contributed by atoms with Gasteiger partial charge in [-0.3, -0.25) is 0 Å². The van der Waals surface area contributed by atoms with Gasteiger partial charge in [-0.2, -0.15) is 5.26 Å². The summed E-state index contributed by atoms with van der Waals surface area (Å²) in [5.74, 6) is 0.480. The third-order valence-electron chi connectivity index (χ3n) is 2.32. The molecule has 1 saturated carbocycles. The van der Waals surface area contributed by atoms with Crippen molar-refractivity contribution in [2.24, 2.45) is 5.92 Å². The van der Waals surface area contributed by atoms with Gasteiger partial charge in [0.05, 0.1) is 12.0 Å². The van der Waals surface area contributed by atoms with Crippen molar-refractivity contribution in [2.45, 2.75) is 12.3 Å². The Kier molecular flexibility index (Phi) is 2.19. The Hall–Kier alpha value is -0.710. The van der Waals surface area contributed by atoms with Gasteiger partial charge in [-0.25, -0.2) is 0 Å². The highest BCUT2D eigenvalue weighted by Gasteiger charge is 2.39. The van der Waals surface area contributed by atoms with Crippen molar-refractivity contribution < 1.29 is 0 Å². The minimum absolute atomic E-state index is 0.152. The molecule has 1 fully saturated rings. The highest BCUT2D eigenvalue weighted by Crippen LogP contribution is 2.49. The van der Waals surface area contributed by atoms with Gasteiger partial charge in [-0.1, -0.05) is 29.3 Å². The molecular formula is C10H7Cl2N. The minimum Gasteiger partial charge on any atom is -0.198 e. The lowest BCUT2D eigenvalue weighted by Crippen LogP contribution is -1.83. The van der Waals surface area contributed by atoms with Crippen LogP contribution < -0.4 is 0 Å². The van der Waals surface area contributed by atoms with E-state index < -0.39 is 0 Å². The summed E-state index contributed by atoms with van der Waals surface area (Å²) < 4.78 is 0. The molecule has 0 heterocycles. The number of hydrogen-bond donors (Lipinski definition) is 0. The molecule has 2 unspecified atom stereocenters. The molecule has 1 nitrogen and oxygen atoms in total. The number of hydrogen-bond acceptors (Lipinski definition) is 1. The Morgan fingerprint density at radius 3 is 2.69 bits per heavy atom. The summed E-state index contributed by atoms with van der Waals surface area (Å²) in [5, 5.41) is 9.98. The van der Waals surface area contributed by atoms with Crippen molar-refractivity contribution in [3.05, 3.63) is 33.8 Å². The summed E-state index contributed by atoms with van der Waals surface area (Å²) in [4.78, 5) is 0. The van der Waals surface area contributed by atoms with E-state index in [1.54, 1.807) is 6.07 Å². The Morgan fingerprint density at radius 1 is 1.38 bits per heavy atom. The first-order chi connectivity index (χ1) is 6.22. The summed E-state index contributed by atoms with van der Waals surface area (Å²) in [6.07, 6.45) is 0.928. The Bertz CT molecular complexity index is 381. The van der Waals surface area contributed by atoms with Crippen molar-refractivity contribution in [3.63, 3.8) is 0 Å². The van der Waals surface area contributed by atoms with Crippen molar-refractivity contribution in [3.8, 4) is 6.07 Å². The minimum atomic E-state index is 0.152. The van der Waals surface area contributed by atoms with Gasteiger partial charge >= 0.3 is 0 Å². The molecule has 1 aromatic rings. The van der Waals surface area contributed by atoms with E-state index in [2.05, 4.69) is 6.07 Å². The van der Waals surface area contributed by atoms with E-state index >= 15 is 0 Å². The molecule has 2 atom stereocenters. The van der Waals surface area contributed by atoms with Gasteiger partial charge in [0, 0.05) is 16.0 Å². The summed E-state index contributed by atoms with van der Waals surface area (Å²) >= 11 is 11.8. The van der Waals surface area contributed by atoms with Crippen LogP contribution in [-0.2, 0) is 0 Å². The zero-order valence-electron chi connectivity index (χ0n) is 6.80. The molecule has 0 radical (unpaired) electrons. The van der Waals surface area contributed by atoms with Crippen LogP contribution in [0.3, 0.4) is 0 Å². The molecule has 0 amide bonds. The lowest BCUT2D eigenvalue weighted by atomic mass is 10.1. The first kappa shape index (κ1) is 8.87. The van der Waals surface area contributed by atoms with Crippen LogP contribution in [0, 0.1) is 17.2 Å². The fraction of sp³-hybridized carbons (Fsp3) is 0.300. The van der Waals surface area contributed by atoms with Crippen LogP contribution in [0.4, 0.5) is 0 Å². The molecule has 0 aliphatic heterocycles. The van der Waals surface area contributed by atoms with Crippen molar-refractivity contribution >= 4 is 23.2 Å². The molecule has 1 aliphatic carbocycles. The third-order valence-corrected chi connectivity index (χ3v) is 2.88. The molecular weight excluding hydrogens is 205 g/mol. The highest BCUT2D eigenvalue weighted by molar-refractivity contribution is 6.35. The van der Waals surface area contributed by atoms with Crippen LogP contribution >= 0.6 is 23.2 Å². The zero-order valence-corrected chi connectivity index (χ0v) is 8.31. The Balaban J connectivity index is 2.29. The first-order valence-electron chi connectivity index (χ1n) is 4.07. The normalized spacial score (nSPS) is 25.3.